The zero-order valence-electron chi connectivity index (χ0n) is 10.8. The minimum atomic E-state index is 0.142. The number of unbranched alkanes of at least 4 members (excludes halogenated alkanes) is 1. The first kappa shape index (κ1) is 14.7. The Morgan fingerprint density at radius 1 is 1.24 bits per heavy atom. The SMILES string of the molecule is CC(C)(CNCCCCN)c1ccccc1Br. The number of nitrogens with one attached hydrogen (secondary N) is 1. The van der Waals surface area contributed by atoms with E-state index in [1.165, 1.54) is 10.0 Å². The van der Waals surface area contributed by atoms with E-state index in [0.29, 0.717) is 0 Å². The topological polar surface area (TPSA) is 38.0 Å². The van der Waals surface area contributed by atoms with Crippen LogP contribution in [0.1, 0.15) is 32.3 Å². The summed E-state index contributed by atoms with van der Waals surface area (Å²) in [6, 6.07) is 8.44. The average molecular weight is 299 g/mol. The Kier molecular flexibility index (Phi) is 6.17. The quantitative estimate of drug-likeness (QED) is 0.759. The lowest BCUT2D eigenvalue weighted by Gasteiger charge is -2.27. The van der Waals surface area contributed by atoms with Crippen molar-refractivity contribution in [1.29, 1.82) is 0 Å². The van der Waals surface area contributed by atoms with Crippen LogP contribution in [-0.4, -0.2) is 19.6 Å². The molecule has 0 atom stereocenters. The summed E-state index contributed by atoms with van der Waals surface area (Å²) >= 11 is 3.62. The van der Waals surface area contributed by atoms with Crippen molar-refractivity contribution in [2.24, 2.45) is 5.73 Å². The zero-order chi connectivity index (χ0) is 12.7. The summed E-state index contributed by atoms with van der Waals surface area (Å²) in [5.74, 6) is 0. The normalized spacial score (nSPS) is 11.8. The van der Waals surface area contributed by atoms with Gasteiger partial charge in [0.1, 0.15) is 0 Å². The molecule has 0 saturated carbocycles. The fourth-order valence-corrected chi connectivity index (χ4v) is 2.72. The molecule has 17 heavy (non-hydrogen) atoms. The van der Waals surface area contributed by atoms with E-state index in [9.17, 15) is 0 Å². The van der Waals surface area contributed by atoms with Gasteiger partial charge >= 0.3 is 0 Å². The second-order valence-electron chi connectivity index (χ2n) is 5.04. The predicted octanol–water partition coefficient (Wildman–Crippen LogP) is 3.06. The van der Waals surface area contributed by atoms with E-state index in [4.69, 9.17) is 5.73 Å². The summed E-state index contributed by atoms with van der Waals surface area (Å²) in [6.07, 6.45) is 2.25. The summed E-state index contributed by atoms with van der Waals surface area (Å²) in [5, 5.41) is 3.51. The van der Waals surface area contributed by atoms with Gasteiger partial charge in [0.2, 0.25) is 0 Å². The van der Waals surface area contributed by atoms with E-state index in [-0.39, 0.29) is 5.41 Å². The molecule has 1 rings (SSSR count). The molecule has 0 aliphatic heterocycles. The van der Waals surface area contributed by atoms with Crippen molar-refractivity contribution < 1.29 is 0 Å². The van der Waals surface area contributed by atoms with Crippen LogP contribution in [0.4, 0.5) is 0 Å². The number of halogens is 1. The molecule has 96 valence electrons. The Morgan fingerprint density at radius 2 is 1.94 bits per heavy atom. The van der Waals surface area contributed by atoms with E-state index in [0.717, 1.165) is 32.5 Å². The Bertz CT molecular complexity index is 337. The highest BCUT2D eigenvalue weighted by atomic mass is 79.9. The van der Waals surface area contributed by atoms with Crippen LogP contribution in [0.15, 0.2) is 28.7 Å². The maximum absolute atomic E-state index is 5.47. The van der Waals surface area contributed by atoms with Crippen molar-refractivity contribution in [2.75, 3.05) is 19.6 Å². The van der Waals surface area contributed by atoms with Gasteiger partial charge in [-0.25, -0.2) is 0 Å². The second kappa shape index (κ2) is 7.14. The minimum absolute atomic E-state index is 0.142. The minimum Gasteiger partial charge on any atom is -0.330 e. The van der Waals surface area contributed by atoms with Gasteiger partial charge in [0.05, 0.1) is 0 Å². The van der Waals surface area contributed by atoms with Gasteiger partial charge in [0.15, 0.2) is 0 Å². The molecule has 0 unspecified atom stereocenters. The Labute approximate surface area is 113 Å². The van der Waals surface area contributed by atoms with E-state index in [2.05, 4.69) is 59.4 Å². The van der Waals surface area contributed by atoms with Gasteiger partial charge in [-0.1, -0.05) is 48.0 Å². The zero-order valence-corrected chi connectivity index (χ0v) is 12.4. The number of rotatable bonds is 7. The Balaban J connectivity index is 2.48. The summed E-state index contributed by atoms with van der Waals surface area (Å²) in [6.45, 7) is 7.35. The fraction of sp³-hybridized carbons (Fsp3) is 0.571. The number of nitrogens with two attached hydrogens (primary N) is 1. The first-order chi connectivity index (χ1) is 8.08. The van der Waals surface area contributed by atoms with E-state index in [1.54, 1.807) is 0 Å². The molecule has 1 aromatic rings. The lowest BCUT2D eigenvalue weighted by molar-refractivity contribution is 0.462. The van der Waals surface area contributed by atoms with E-state index < -0.39 is 0 Å². The van der Waals surface area contributed by atoms with Crippen molar-refractivity contribution in [3.63, 3.8) is 0 Å². The molecule has 0 spiro atoms. The van der Waals surface area contributed by atoms with Gasteiger partial charge in [0, 0.05) is 16.4 Å². The second-order valence-corrected chi connectivity index (χ2v) is 5.89. The molecule has 0 aliphatic rings. The number of benzene rings is 1. The number of hydrogen-bond donors (Lipinski definition) is 2. The maximum atomic E-state index is 5.47. The van der Waals surface area contributed by atoms with Crippen LogP contribution in [0.2, 0.25) is 0 Å². The molecule has 1 aromatic carbocycles. The van der Waals surface area contributed by atoms with Crippen LogP contribution in [0.3, 0.4) is 0 Å². The molecule has 0 heterocycles. The van der Waals surface area contributed by atoms with Crippen LogP contribution in [0, 0.1) is 0 Å². The highest BCUT2D eigenvalue weighted by molar-refractivity contribution is 9.10. The van der Waals surface area contributed by atoms with Crippen molar-refractivity contribution in [3.8, 4) is 0 Å². The molecule has 0 saturated heterocycles. The Hall–Kier alpha value is -0.380. The average Bonchev–Trinajstić information content (AvgIpc) is 2.29. The van der Waals surface area contributed by atoms with Crippen molar-refractivity contribution >= 4 is 15.9 Å². The third-order valence-electron chi connectivity index (χ3n) is 2.98. The summed E-state index contributed by atoms with van der Waals surface area (Å²) in [7, 11) is 0. The first-order valence-corrected chi connectivity index (χ1v) is 7.03. The molecule has 0 bridgehead atoms. The van der Waals surface area contributed by atoms with Gasteiger partial charge in [-0.2, -0.15) is 0 Å². The van der Waals surface area contributed by atoms with Crippen molar-refractivity contribution in [3.05, 3.63) is 34.3 Å². The van der Waals surface area contributed by atoms with Crippen LogP contribution >= 0.6 is 15.9 Å². The summed E-state index contributed by atoms with van der Waals surface area (Å²) in [5.41, 5.74) is 6.97. The summed E-state index contributed by atoms with van der Waals surface area (Å²) in [4.78, 5) is 0. The summed E-state index contributed by atoms with van der Waals surface area (Å²) < 4.78 is 1.19. The van der Waals surface area contributed by atoms with Crippen LogP contribution in [0.25, 0.3) is 0 Å². The first-order valence-electron chi connectivity index (χ1n) is 6.24. The largest absolute Gasteiger partial charge is 0.330 e. The molecule has 0 fully saturated rings. The third kappa shape index (κ3) is 4.78. The van der Waals surface area contributed by atoms with E-state index in [1.807, 2.05) is 0 Å². The van der Waals surface area contributed by atoms with Crippen LogP contribution in [-0.2, 0) is 5.41 Å². The third-order valence-corrected chi connectivity index (χ3v) is 3.67. The molecule has 0 aromatic heterocycles. The van der Waals surface area contributed by atoms with Gasteiger partial charge in [-0.15, -0.1) is 0 Å². The van der Waals surface area contributed by atoms with Gasteiger partial charge in [-0.3, -0.25) is 0 Å². The Morgan fingerprint density at radius 3 is 2.59 bits per heavy atom. The lowest BCUT2D eigenvalue weighted by atomic mass is 9.84. The molecule has 2 nitrogen and oxygen atoms in total. The molecular formula is C14H23BrN2. The predicted molar refractivity (Wildman–Crippen MR) is 78.3 cm³/mol. The van der Waals surface area contributed by atoms with Crippen molar-refractivity contribution in [1.82, 2.24) is 5.32 Å². The van der Waals surface area contributed by atoms with Crippen LogP contribution < -0.4 is 11.1 Å². The van der Waals surface area contributed by atoms with Crippen molar-refractivity contribution in [2.45, 2.75) is 32.1 Å². The highest BCUT2D eigenvalue weighted by Crippen LogP contribution is 2.29. The van der Waals surface area contributed by atoms with Gasteiger partial charge in [-0.05, 0) is 37.6 Å². The van der Waals surface area contributed by atoms with Gasteiger partial charge in [0.25, 0.3) is 0 Å². The lowest BCUT2D eigenvalue weighted by Crippen LogP contribution is -2.33. The molecule has 0 aliphatic carbocycles. The molecule has 3 heteroatoms. The fourth-order valence-electron chi connectivity index (χ4n) is 1.90. The molecule has 0 amide bonds. The molecular weight excluding hydrogens is 276 g/mol. The smallest absolute Gasteiger partial charge is 0.0213 e. The molecule has 3 N–H and O–H groups in total. The van der Waals surface area contributed by atoms with Crippen LogP contribution in [0.5, 0.6) is 0 Å². The maximum Gasteiger partial charge on any atom is 0.0213 e. The monoisotopic (exact) mass is 298 g/mol. The number of hydrogen-bond acceptors (Lipinski definition) is 2. The van der Waals surface area contributed by atoms with E-state index >= 15 is 0 Å². The highest BCUT2D eigenvalue weighted by Gasteiger charge is 2.21. The molecule has 0 radical (unpaired) electrons. The standard InChI is InChI=1S/C14H23BrN2/c1-14(2,11-17-10-6-5-9-16)12-7-3-4-8-13(12)15/h3-4,7-8,17H,5-6,9-11,16H2,1-2H3. The van der Waals surface area contributed by atoms with Gasteiger partial charge < -0.3 is 11.1 Å².